The largest absolute Gasteiger partial charge is 0.455 e. The number of rotatable bonds is 4. The molecule has 2 aromatic rings. The molecule has 6 heteroatoms. The maximum absolute atomic E-state index is 12.3. The molecule has 0 radical (unpaired) electrons. The molecular formula is C20H23N3O3. The minimum Gasteiger partial charge on any atom is -0.455 e. The van der Waals surface area contributed by atoms with Crippen molar-refractivity contribution < 1.29 is 14.0 Å². The van der Waals surface area contributed by atoms with Gasteiger partial charge in [0.15, 0.2) is 5.76 Å². The lowest BCUT2D eigenvalue weighted by Crippen LogP contribution is -2.30. The van der Waals surface area contributed by atoms with Crippen molar-refractivity contribution in [2.75, 3.05) is 0 Å². The molecule has 136 valence electrons. The van der Waals surface area contributed by atoms with Gasteiger partial charge in [-0.05, 0) is 45.7 Å². The van der Waals surface area contributed by atoms with E-state index in [9.17, 15) is 9.59 Å². The van der Waals surface area contributed by atoms with Crippen molar-refractivity contribution in [3.8, 4) is 0 Å². The first kappa shape index (κ1) is 17.9. The molecule has 2 amide bonds. The van der Waals surface area contributed by atoms with E-state index in [4.69, 9.17) is 4.42 Å². The molecule has 0 spiro atoms. The molecule has 26 heavy (non-hydrogen) atoms. The van der Waals surface area contributed by atoms with Crippen molar-refractivity contribution in [1.82, 2.24) is 10.7 Å². The maximum Gasteiger partial charge on any atom is 0.287 e. The lowest BCUT2D eigenvalue weighted by molar-refractivity contribution is 0.0911. The van der Waals surface area contributed by atoms with Crippen LogP contribution < -0.4 is 10.7 Å². The summed E-state index contributed by atoms with van der Waals surface area (Å²) in [5.41, 5.74) is 5.53. The second-order valence-electron chi connectivity index (χ2n) is 6.70. The first-order valence-corrected chi connectivity index (χ1v) is 8.82. The van der Waals surface area contributed by atoms with Crippen LogP contribution in [0, 0.1) is 6.92 Å². The number of carbonyl (C=O) groups excluding carboxylic acids is 2. The maximum atomic E-state index is 12.3. The van der Waals surface area contributed by atoms with Crippen molar-refractivity contribution in [3.63, 3.8) is 0 Å². The lowest BCUT2D eigenvalue weighted by atomic mass is 9.93. The lowest BCUT2D eigenvalue weighted by Gasteiger charge is -2.13. The fourth-order valence-corrected chi connectivity index (χ4v) is 3.10. The van der Waals surface area contributed by atoms with Crippen molar-refractivity contribution in [1.29, 1.82) is 0 Å². The van der Waals surface area contributed by atoms with Crippen LogP contribution in [0.4, 0.5) is 0 Å². The number of hydrogen-bond donors (Lipinski definition) is 2. The first-order valence-electron chi connectivity index (χ1n) is 8.82. The Labute approximate surface area is 152 Å². The van der Waals surface area contributed by atoms with Crippen molar-refractivity contribution in [2.24, 2.45) is 5.10 Å². The van der Waals surface area contributed by atoms with Gasteiger partial charge in [-0.3, -0.25) is 9.59 Å². The molecule has 0 saturated heterocycles. The predicted molar refractivity (Wildman–Crippen MR) is 99.4 cm³/mol. The molecule has 0 bridgehead atoms. The van der Waals surface area contributed by atoms with Gasteiger partial charge in [-0.15, -0.1) is 0 Å². The van der Waals surface area contributed by atoms with Crippen LogP contribution in [0.1, 0.15) is 64.5 Å². The highest BCUT2D eigenvalue weighted by Gasteiger charge is 2.28. The van der Waals surface area contributed by atoms with Crippen molar-refractivity contribution >= 4 is 17.5 Å². The number of aryl methyl sites for hydroxylation is 1. The van der Waals surface area contributed by atoms with Gasteiger partial charge in [0.1, 0.15) is 5.76 Å². The summed E-state index contributed by atoms with van der Waals surface area (Å²) in [6.45, 7) is 5.67. The van der Waals surface area contributed by atoms with E-state index in [1.165, 1.54) is 0 Å². The number of fused-ring (bicyclic) bond motifs is 1. The zero-order valence-electron chi connectivity index (χ0n) is 15.3. The van der Waals surface area contributed by atoms with E-state index >= 15 is 0 Å². The summed E-state index contributed by atoms with van der Waals surface area (Å²) in [7, 11) is 0. The highest BCUT2D eigenvalue weighted by molar-refractivity contribution is 6.07. The van der Waals surface area contributed by atoms with E-state index in [0.29, 0.717) is 11.3 Å². The van der Waals surface area contributed by atoms with Crippen LogP contribution in [0.25, 0.3) is 0 Å². The molecule has 1 aliphatic carbocycles. The zero-order chi connectivity index (χ0) is 18.7. The standard InChI is InChI=1S/C20H23N3O3/c1-12(2)21-20(25)18-13(3)17-15(10-7-11-16(17)26-18)22-23-19(24)14-8-5-4-6-9-14/h4-6,8-9,12H,7,10-11H2,1-3H3,(H,21,25)(H,23,24)/b22-15+. The molecule has 0 saturated carbocycles. The van der Waals surface area contributed by atoms with Crippen LogP contribution >= 0.6 is 0 Å². The molecule has 0 fully saturated rings. The quantitative estimate of drug-likeness (QED) is 0.828. The van der Waals surface area contributed by atoms with Gasteiger partial charge in [0.05, 0.1) is 5.71 Å². The van der Waals surface area contributed by atoms with Crippen molar-refractivity contribution in [3.05, 3.63) is 58.5 Å². The molecule has 1 aliphatic rings. The smallest absolute Gasteiger partial charge is 0.287 e. The molecule has 0 aliphatic heterocycles. The number of nitrogens with one attached hydrogen (secondary N) is 2. The molecular weight excluding hydrogens is 330 g/mol. The molecule has 6 nitrogen and oxygen atoms in total. The van der Waals surface area contributed by atoms with Gasteiger partial charge in [-0.2, -0.15) is 5.10 Å². The third-order valence-electron chi connectivity index (χ3n) is 4.28. The Balaban J connectivity index is 1.85. The Hall–Kier alpha value is -2.89. The summed E-state index contributed by atoms with van der Waals surface area (Å²) >= 11 is 0. The molecule has 2 N–H and O–H groups in total. The second kappa shape index (κ2) is 7.56. The summed E-state index contributed by atoms with van der Waals surface area (Å²) < 4.78 is 5.82. The van der Waals surface area contributed by atoms with Gasteiger partial charge >= 0.3 is 0 Å². The van der Waals surface area contributed by atoms with Crippen LogP contribution in [0.2, 0.25) is 0 Å². The number of benzene rings is 1. The first-order chi connectivity index (χ1) is 12.5. The Morgan fingerprint density at radius 3 is 2.54 bits per heavy atom. The predicted octanol–water partition coefficient (Wildman–Crippen LogP) is 3.20. The molecule has 3 rings (SSSR count). The molecule has 0 atom stereocenters. The monoisotopic (exact) mass is 353 g/mol. The second-order valence-corrected chi connectivity index (χ2v) is 6.70. The summed E-state index contributed by atoms with van der Waals surface area (Å²) in [5, 5.41) is 7.17. The van der Waals surface area contributed by atoms with Crippen LogP contribution in [-0.2, 0) is 6.42 Å². The average molecular weight is 353 g/mol. The minimum absolute atomic E-state index is 0.0299. The van der Waals surface area contributed by atoms with Gasteiger partial charge in [0.2, 0.25) is 0 Å². The minimum atomic E-state index is -0.260. The fourth-order valence-electron chi connectivity index (χ4n) is 3.10. The van der Waals surface area contributed by atoms with Crippen molar-refractivity contribution in [2.45, 2.75) is 46.1 Å². The topological polar surface area (TPSA) is 83.7 Å². The van der Waals surface area contributed by atoms with E-state index < -0.39 is 0 Å². The average Bonchev–Trinajstić information content (AvgIpc) is 2.97. The summed E-state index contributed by atoms with van der Waals surface area (Å²) in [6.07, 6.45) is 2.36. The van der Waals surface area contributed by atoms with Crippen LogP contribution in [0.3, 0.4) is 0 Å². The fraction of sp³-hybridized carbons (Fsp3) is 0.350. The van der Waals surface area contributed by atoms with E-state index in [2.05, 4.69) is 15.8 Å². The highest BCUT2D eigenvalue weighted by Crippen LogP contribution is 2.29. The normalized spacial score (nSPS) is 15.0. The molecule has 1 aromatic heterocycles. The summed E-state index contributed by atoms with van der Waals surface area (Å²) in [5.74, 6) is 0.603. The third-order valence-corrected chi connectivity index (χ3v) is 4.28. The molecule has 0 unspecified atom stereocenters. The van der Waals surface area contributed by atoms with Crippen LogP contribution in [0.15, 0.2) is 39.9 Å². The van der Waals surface area contributed by atoms with E-state index in [-0.39, 0.29) is 17.9 Å². The zero-order valence-corrected chi connectivity index (χ0v) is 15.3. The van der Waals surface area contributed by atoms with Gasteiger partial charge in [0.25, 0.3) is 11.8 Å². The Kier molecular flexibility index (Phi) is 5.21. The molecule has 1 heterocycles. The number of carbonyl (C=O) groups is 2. The van der Waals surface area contributed by atoms with Gasteiger partial charge in [-0.25, -0.2) is 5.43 Å². The van der Waals surface area contributed by atoms with Gasteiger partial charge in [0, 0.05) is 29.2 Å². The summed E-state index contributed by atoms with van der Waals surface area (Å²) in [6, 6.07) is 8.97. The van der Waals surface area contributed by atoms with E-state index in [0.717, 1.165) is 41.9 Å². The number of hydrazone groups is 1. The molecule has 1 aromatic carbocycles. The Morgan fingerprint density at radius 2 is 1.85 bits per heavy atom. The number of nitrogens with zero attached hydrogens (tertiary/aromatic N) is 1. The summed E-state index contributed by atoms with van der Waals surface area (Å²) in [4.78, 5) is 24.6. The van der Waals surface area contributed by atoms with Gasteiger partial charge in [-0.1, -0.05) is 18.2 Å². The van der Waals surface area contributed by atoms with E-state index in [1.54, 1.807) is 24.3 Å². The van der Waals surface area contributed by atoms with E-state index in [1.807, 2.05) is 26.8 Å². The SMILES string of the molecule is Cc1c(C(=O)NC(C)C)oc2c1/C(=N/NC(=O)c1ccccc1)CCC2. The number of furan rings is 1. The number of amides is 2. The van der Waals surface area contributed by atoms with Crippen LogP contribution in [0.5, 0.6) is 0 Å². The Bertz CT molecular complexity index is 851. The number of hydrogen-bond acceptors (Lipinski definition) is 4. The Morgan fingerprint density at radius 1 is 1.12 bits per heavy atom. The van der Waals surface area contributed by atoms with Crippen LogP contribution in [-0.4, -0.2) is 23.6 Å². The van der Waals surface area contributed by atoms with Gasteiger partial charge < -0.3 is 9.73 Å². The highest BCUT2D eigenvalue weighted by atomic mass is 16.4. The third kappa shape index (κ3) is 3.69.